The Kier molecular flexibility index (Phi) is 7.72. The fourth-order valence-corrected chi connectivity index (χ4v) is 4.33. The second-order valence-corrected chi connectivity index (χ2v) is 9.62. The zero-order chi connectivity index (χ0) is 24.2. The van der Waals surface area contributed by atoms with Gasteiger partial charge in [0, 0.05) is 31.4 Å². The quantitative estimate of drug-likeness (QED) is 0.599. The molecular formula is C26H38N4O3. The van der Waals surface area contributed by atoms with E-state index in [9.17, 15) is 4.79 Å². The number of hydrogen-bond donors (Lipinski definition) is 1. The van der Waals surface area contributed by atoms with Gasteiger partial charge in [-0.2, -0.15) is 0 Å². The van der Waals surface area contributed by atoms with Gasteiger partial charge in [0.25, 0.3) is 0 Å². The summed E-state index contributed by atoms with van der Waals surface area (Å²) in [5.74, 6) is 1.37. The Morgan fingerprint density at radius 2 is 2.09 bits per heavy atom. The maximum atomic E-state index is 13.2. The van der Waals surface area contributed by atoms with E-state index in [1.807, 2.05) is 46.0 Å². The van der Waals surface area contributed by atoms with Crippen LogP contribution < -0.4 is 5.73 Å². The molecule has 2 aliphatic rings. The molecule has 2 aliphatic heterocycles. The number of pyridine rings is 1. The lowest BCUT2D eigenvalue weighted by Crippen LogP contribution is -2.42. The Balaban J connectivity index is 2.02. The van der Waals surface area contributed by atoms with Gasteiger partial charge < -0.3 is 20.1 Å². The average Bonchev–Trinajstić information content (AvgIpc) is 2.76. The standard InChI is InChI=1S/C26H38N4O3/c1-7-9-10-22-24(30(13-14-32-22)25(31)33-26(4,5)6)18(3)21(8-2)29-12-11-19-16-28-23(27)15-20(19)17-29/h8,15-16H,2,7,9-14,17H2,1,3-6H3,(H2,27,28)/b21-18+. The maximum absolute atomic E-state index is 13.2. The molecule has 180 valence electrons. The minimum absolute atomic E-state index is 0.347. The molecule has 3 heterocycles. The van der Waals surface area contributed by atoms with Gasteiger partial charge in [-0.15, -0.1) is 0 Å². The summed E-state index contributed by atoms with van der Waals surface area (Å²) in [4.78, 5) is 21.4. The lowest BCUT2D eigenvalue weighted by atomic mass is 9.99. The molecule has 1 aromatic rings. The molecular weight excluding hydrogens is 416 g/mol. The second kappa shape index (κ2) is 10.3. The molecule has 2 N–H and O–H groups in total. The first-order valence-electron chi connectivity index (χ1n) is 11.8. The predicted molar refractivity (Wildman–Crippen MR) is 131 cm³/mol. The average molecular weight is 455 g/mol. The van der Waals surface area contributed by atoms with Gasteiger partial charge >= 0.3 is 6.09 Å². The van der Waals surface area contributed by atoms with E-state index in [-0.39, 0.29) is 6.09 Å². The molecule has 7 nitrogen and oxygen atoms in total. The number of nitrogen functional groups attached to an aromatic ring is 1. The van der Waals surface area contributed by atoms with Gasteiger partial charge in [0.2, 0.25) is 0 Å². The lowest BCUT2D eigenvalue weighted by molar-refractivity contribution is 0.0205. The Bertz CT molecular complexity index is 959. The molecule has 7 heteroatoms. The number of unbranched alkanes of at least 4 members (excludes halogenated alkanes) is 1. The number of allylic oxidation sites excluding steroid dienone is 3. The van der Waals surface area contributed by atoms with Crippen LogP contribution in [0.5, 0.6) is 0 Å². The highest BCUT2D eigenvalue weighted by atomic mass is 16.6. The van der Waals surface area contributed by atoms with Crippen LogP contribution in [-0.4, -0.2) is 46.2 Å². The van der Waals surface area contributed by atoms with Crippen molar-refractivity contribution in [1.82, 2.24) is 14.8 Å². The first kappa shape index (κ1) is 24.7. The van der Waals surface area contributed by atoms with Crippen LogP contribution in [0.3, 0.4) is 0 Å². The predicted octanol–water partition coefficient (Wildman–Crippen LogP) is 5.15. The molecule has 0 fully saturated rings. The topological polar surface area (TPSA) is 80.9 Å². The van der Waals surface area contributed by atoms with E-state index in [0.717, 1.165) is 55.0 Å². The largest absolute Gasteiger partial charge is 0.494 e. The summed E-state index contributed by atoms with van der Waals surface area (Å²) in [5.41, 5.74) is 10.5. The summed E-state index contributed by atoms with van der Waals surface area (Å²) in [7, 11) is 0. The van der Waals surface area contributed by atoms with Crippen molar-refractivity contribution in [1.29, 1.82) is 0 Å². The van der Waals surface area contributed by atoms with E-state index in [0.29, 0.717) is 25.5 Å². The van der Waals surface area contributed by atoms with E-state index in [2.05, 4.69) is 23.4 Å². The van der Waals surface area contributed by atoms with Crippen molar-refractivity contribution in [2.24, 2.45) is 0 Å². The summed E-state index contributed by atoms with van der Waals surface area (Å²) in [6.07, 6.45) is 7.08. The number of nitrogens with zero attached hydrogens (tertiary/aromatic N) is 3. The fraction of sp³-hybridized carbons (Fsp3) is 0.538. The van der Waals surface area contributed by atoms with Crippen molar-refractivity contribution in [2.75, 3.05) is 25.4 Å². The van der Waals surface area contributed by atoms with Crippen LogP contribution in [0.4, 0.5) is 10.6 Å². The zero-order valence-corrected chi connectivity index (χ0v) is 20.7. The van der Waals surface area contributed by atoms with Crippen LogP contribution in [-0.2, 0) is 22.4 Å². The molecule has 1 aromatic heterocycles. The smallest absolute Gasteiger partial charge is 0.415 e. The normalized spacial score (nSPS) is 17.2. The molecule has 0 bridgehead atoms. The van der Waals surface area contributed by atoms with Crippen LogP contribution in [0.1, 0.15) is 65.0 Å². The Morgan fingerprint density at radius 1 is 1.33 bits per heavy atom. The van der Waals surface area contributed by atoms with Gasteiger partial charge in [-0.1, -0.05) is 19.9 Å². The van der Waals surface area contributed by atoms with Gasteiger partial charge in [-0.3, -0.25) is 4.90 Å². The molecule has 0 spiro atoms. The van der Waals surface area contributed by atoms with Gasteiger partial charge in [0.15, 0.2) is 0 Å². The number of hydrogen-bond acceptors (Lipinski definition) is 6. The Morgan fingerprint density at radius 3 is 2.76 bits per heavy atom. The third-order valence-electron chi connectivity index (χ3n) is 5.89. The third kappa shape index (κ3) is 5.89. The molecule has 0 saturated carbocycles. The van der Waals surface area contributed by atoms with Gasteiger partial charge in [-0.25, -0.2) is 9.78 Å². The minimum Gasteiger partial charge on any atom is -0.494 e. The molecule has 0 atom stereocenters. The summed E-state index contributed by atoms with van der Waals surface area (Å²) in [6, 6.07) is 1.94. The molecule has 3 rings (SSSR count). The summed E-state index contributed by atoms with van der Waals surface area (Å²) in [6.45, 7) is 16.4. The molecule has 33 heavy (non-hydrogen) atoms. The molecule has 0 radical (unpaired) electrons. The van der Waals surface area contributed by atoms with E-state index in [4.69, 9.17) is 15.2 Å². The highest BCUT2D eigenvalue weighted by molar-refractivity contribution is 5.72. The number of carbonyl (C=O) groups is 1. The van der Waals surface area contributed by atoms with E-state index >= 15 is 0 Å². The van der Waals surface area contributed by atoms with Gasteiger partial charge in [0.05, 0.1) is 12.2 Å². The van der Waals surface area contributed by atoms with Crippen LogP contribution in [0, 0.1) is 0 Å². The van der Waals surface area contributed by atoms with Crippen molar-refractivity contribution in [2.45, 2.75) is 72.4 Å². The monoisotopic (exact) mass is 454 g/mol. The highest BCUT2D eigenvalue weighted by Gasteiger charge is 2.32. The number of carbonyl (C=O) groups excluding carboxylic acids is 1. The van der Waals surface area contributed by atoms with Crippen molar-refractivity contribution < 1.29 is 14.3 Å². The molecule has 0 aliphatic carbocycles. The first-order chi connectivity index (χ1) is 15.6. The number of aromatic nitrogens is 1. The highest BCUT2D eigenvalue weighted by Crippen LogP contribution is 2.33. The van der Waals surface area contributed by atoms with Crippen molar-refractivity contribution >= 4 is 11.9 Å². The van der Waals surface area contributed by atoms with Gasteiger partial charge in [-0.05, 0) is 69.4 Å². The van der Waals surface area contributed by atoms with Crippen molar-refractivity contribution in [3.8, 4) is 0 Å². The van der Waals surface area contributed by atoms with E-state index in [1.165, 1.54) is 11.1 Å². The molecule has 1 amide bonds. The van der Waals surface area contributed by atoms with Crippen LogP contribution in [0.15, 0.2) is 47.6 Å². The van der Waals surface area contributed by atoms with Crippen LogP contribution in [0.25, 0.3) is 0 Å². The van der Waals surface area contributed by atoms with Crippen LogP contribution >= 0.6 is 0 Å². The number of rotatable bonds is 6. The Labute approximate surface area is 197 Å². The molecule has 0 saturated heterocycles. The summed E-state index contributed by atoms with van der Waals surface area (Å²) < 4.78 is 11.8. The number of anilines is 1. The first-order valence-corrected chi connectivity index (χ1v) is 11.8. The lowest BCUT2D eigenvalue weighted by Gasteiger charge is -2.37. The SMILES string of the molecule is C=C/C(=C(/C)C1=C(CCCC)OCCN1C(=O)OC(C)(C)C)N1CCc2cnc(N)cc2C1. The molecule has 0 unspecified atom stereocenters. The number of fused-ring (bicyclic) bond motifs is 1. The molecule has 0 aromatic carbocycles. The fourth-order valence-electron chi connectivity index (χ4n) is 4.33. The van der Waals surface area contributed by atoms with Gasteiger partial charge in [0.1, 0.15) is 23.8 Å². The number of amides is 1. The maximum Gasteiger partial charge on any atom is 0.415 e. The number of ether oxygens (including phenoxy) is 2. The summed E-state index contributed by atoms with van der Waals surface area (Å²) >= 11 is 0. The zero-order valence-electron chi connectivity index (χ0n) is 20.7. The van der Waals surface area contributed by atoms with Crippen molar-refractivity contribution in [3.05, 3.63) is 58.8 Å². The minimum atomic E-state index is -0.576. The number of nitrogens with two attached hydrogens (primary N) is 1. The van der Waals surface area contributed by atoms with E-state index in [1.54, 1.807) is 4.90 Å². The third-order valence-corrected chi connectivity index (χ3v) is 5.89. The summed E-state index contributed by atoms with van der Waals surface area (Å²) in [5, 5.41) is 0. The van der Waals surface area contributed by atoms with Crippen LogP contribution in [0.2, 0.25) is 0 Å². The van der Waals surface area contributed by atoms with Crippen molar-refractivity contribution in [3.63, 3.8) is 0 Å². The van der Waals surface area contributed by atoms with E-state index < -0.39 is 5.60 Å². The second-order valence-electron chi connectivity index (χ2n) is 9.62. The Hall–Kier alpha value is -2.96.